The summed E-state index contributed by atoms with van der Waals surface area (Å²) in [7, 11) is 0. The Hall–Kier alpha value is -3.03. The van der Waals surface area contributed by atoms with Crippen LogP contribution in [0.2, 0.25) is 5.02 Å². The number of anilines is 1. The Morgan fingerprint density at radius 2 is 1.91 bits per heavy atom. The number of hydrogen-bond acceptors (Lipinski definition) is 6. The molecule has 33 heavy (non-hydrogen) atoms. The zero-order chi connectivity index (χ0) is 22.6. The molecule has 0 radical (unpaired) electrons. The Kier molecular flexibility index (Phi) is 6.51. The summed E-state index contributed by atoms with van der Waals surface area (Å²) in [5.74, 6) is 1.51. The molecule has 5 rings (SSSR count). The van der Waals surface area contributed by atoms with Crippen LogP contribution in [0.3, 0.4) is 0 Å². The highest BCUT2D eigenvalue weighted by atomic mass is 35.5. The van der Waals surface area contributed by atoms with Crippen LogP contribution in [0.15, 0.2) is 76.3 Å². The van der Waals surface area contributed by atoms with Gasteiger partial charge in [0.15, 0.2) is 5.76 Å². The van der Waals surface area contributed by atoms with Crippen LogP contribution in [0, 0.1) is 0 Å². The Morgan fingerprint density at radius 1 is 1.12 bits per heavy atom. The van der Waals surface area contributed by atoms with Gasteiger partial charge in [-0.2, -0.15) is 0 Å². The maximum Gasteiger partial charge on any atom is 0.287 e. The van der Waals surface area contributed by atoms with E-state index in [1.54, 1.807) is 30.2 Å². The van der Waals surface area contributed by atoms with Crippen molar-refractivity contribution in [2.75, 3.05) is 18.0 Å². The number of nitrogens with one attached hydrogen (secondary N) is 1. The average Bonchev–Trinajstić information content (AvgIpc) is 3.23. The molecule has 0 bridgehead atoms. The van der Waals surface area contributed by atoms with E-state index >= 15 is 0 Å². The number of nitrogens with zero attached hydrogens (tertiary/aromatic N) is 3. The number of furan rings is 1. The second-order valence-corrected chi connectivity index (χ2v) is 9.44. The minimum atomic E-state index is -0.182. The summed E-state index contributed by atoms with van der Waals surface area (Å²) in [6.45, 7) is 1.55. The van der Waals surface area contributed by atoms with Gasteiger partial charge in [0.2, 0.25) is 5.95 Å². The molecule has 1 amide bonds. The molecule has 1 atom stereocenters. The van der Waals surface area contributed by atoms with Crippen LogP contribution in [-0.4, -0.2) is 35.0 Å². The van der Waals surface area contributed by atoms with Gasteiger partial charge in [-0.15, -0.1) is 11.8 Å². The van der Waals surface area contributed by atoms with Crippen LogP contribution in [0.25, 0.3) is 11.0 Å². The molecule has 1 N–H and O–H groups in total. The lowest BCUT2D eigenvalue weighted by atomic mass is 10.1. The van der Waals surface area contributed by atoms with E-state index in [0.717, 1.165) is 40.8 Å². The number of amides is 1. The first-order chi connectivity index (χ1) is 16.2. The van der Waals surface area contributed by atoms with Gasteiger partial charge in [-0.05, 0) is 49.2 Å². The van der Waals surface area contributed by atoms with Gasteiger partial charge in [-0.1, -0.05) is 29.8 Å². The molecule has 1 aliphatic rings. The van der Waals surface area contributed by atoms with E-state index in [0.29, 0.717) is 29.0 Å². The van der Waals surface area contributed by atoms with Crippen LogP contribution >= 0.6 is 23.4 Å². The Morgan fingerprint density at radius 3 is 2.73 bits per heavy atom. The smallest absolute Gasteiger partial charge is 0.287 e. The van der Waals surface area contributed by atoms with Crippen LogP contribution in [-0.2, 0) is 5.75 Å². The Bertz CT molecular complexity index is 1250. The number of benzene rings is 2. The monoisotopic (exact) mass is 478 g/mol. The molecule has 8 heteroatoms. The Balaban J connectivity index is 1.34. The second kappa shape index (κ2) is 9.85. The first-order valence-electron chi connectivity index (χ1n) is 10.9. The number of carbonyl (C=O) groups excluding carboxylic acids is 1. The highest BCUT2D eigenvalue weighted by molar-refractivity contribution is 7.98. The molecule has 2 aromatic heterocycles. The standard InChI is InChI=1S/C25H23ClN4O2S/c26-17-8-10-19(11-9-17)33-16-21-20-6-1-2-7-22(20)32-23(21)24(31)29-18-5-3-14-30(15-18)25-27-12-4-13-28-25/h1-2,4,6-13,18H,3,5,14-16H2,(H,29,31). The second-order valence-electron chi connectivity index (χ2n) is 7.96. The maximum atomic E-state index is 13.3. The van der Waals surface area contributed by atoms with Gasteiger partial charge < -0.3 is 14.6 Å². The molecule has 1 unspecified atom stereocenters. The molecule has 6 nitrogen and oxygen atoms in total. The molecule has 1 saturated heterocycles. The highest BCUT2D eigenvalue weighted by Crippen LogP contribution is 2.32. The molecule has 2 aromatic carbocycles. The number of rotatable bonds is 6. The van der Waals surface area contributed by atoms with Gasteiger partial charge in [0.1, 0.15) is 5.58 Å². The third-order valence-electron chi connectivity index (χ3n) is 5.69. The number of para-hydroxylation sites is 1. The lowest BCUT2D eigenvalue weighted by Gasteiger charge is -2.32. The summed E-state index contributed by atoms with van der Waals surface area (Å²) >= 11 is 7.66. The van der Waals surface area contributed by atoms with E-state index in [1.807, 2.05) is 48.5 Å². The van der Waals surface area contributed by atoms with Crippen LogP contribution in [0.5, 0.6) is 0 Å². The molecule has 0 aliphatic carbocycles. The lowest BCUT2D eigenvalue weighted by Crippen LogP contribution is -2.48. The third-order valence-corrected chi connectivity index (χ3v) is 6.98. The number of carbonyl (C=O) groups is 1. The van der Waals surface area contributed by atoms with E-state index < -0.39 is 0 Å². The number of halogens is 1. The van der Waals surface area contributed by atoms with Crippen molar-refractivity contribution in [1.82, 2.24) is 15.3 Å². The van der Waals surface area contributed by atoms with E-state index in [9.17, 15) is 4.79 Å². The molecule has 3 heterocycles. The molecule has 1 aliphatic heterocycles. The average molecular weight is 479 g/mol. The Labute approximate surface area is 201 Å². The fourth-order valence-corrected chi connectivity index (χ4v) is 5.15. The van der Waals surface area contributed by atoms with Gasteiger partial charge in [0.25, 0.3) is 5.91 Å². The van der Waals surface area contributed by atoms with Gasteiger partial charge in [-0.25, -0.2) is 9.97 Å². The van der Waals surface area contributed by atoms with Crippen LogP contribution in [0.1, 0.15) is 29.0 Å². The van der Waals surface area contributed by atoms with E-state index in [2.05, 4.69) is 20.2 Å². The predicted octanol–water partition coefficient (Wildman–Crippen LogP) is 5.57. The minimum absolute atomic E-state index is 0.0000339. The first-order valence-corrected chi connectivity index (χ1v) is 12.3. The van der Waals surface area contributed by atoms with Crippen molar-refractivity contribution in [2.24, 2.45) is 0 Å². The fraction of sp³-hybridized carbons (Fsp3) is 0.240. The van der Waals surface area contributed by atoms with E-state index in [1.165, 1.54) is 0 Å². The van der Waals surface area contributed by atoms with Gasteiger partial charge >= 0.3 is 0 Å². The summed E-state index contributed by atoms with van der Waals surface area (Å²) in [6, 6.07) is 17.3. The summed E-state index contributed by atoms with van der Waals surface area (Å²) in [4.78, 5) is 25.2. The molecule has 1 fully saturated rings. The summed E-state index contributed by atoms with van der Waals surface area (Å²) in [5, 5.41) is 4.85. The fourth-order valence-electron chi connectivity index (χ4n) is 4.09. The third kappa shape index (κ3) is 4.99. The molecule has 0 spiro atoms. The van der Waals surface area contributed by atoms with Gasteiger partial charge in [0.05, 0.1) is 0 Å². The number of thioether (sulfide) groups is 1. The summed E-state index contributed by atoms with van der Waals surface area (Å²) in [5.41, 5.74) is 1.62. The van der Waals surface area contributed by atoms with Crippen molar-refractivity contribution in [3.63, 3.8) is 0 Å². The van der Waals surface area contributed by atoms with Gasteiger partial charge in [-0.3, -0.25) is 4.79 Å². The zero-order valence-corrected chi connectivity index (χ0v) is 19.5. The molecule has 4 aromatic rings. The zero-order valence-electron chi connectivity index (χ0n) is 17.9. The normalized spacial score (nSPS) is 16.2. The topological polar surface area (TPSA) is 71.3 Å². The van der Waals surface area contributed by atoms with Crippen molar-refractivity contribution in [3.05, 3.63) is 83.3 Å². The van der Waals surface area contributed by atoms with Crippen molar-refractivity contribution in [3.8, 4) is 0 Å². The molecule has 168 valence electrons. The largest absolute Gasteiger partial charge is 0.451 e. The maximum absolute atomic E-state index is 13.3. The van der Waals surface area contributed by atoms with Crippen LogP contribution in [0.4, 0.5) is 5.95 Å². The molecular weight excluding hydrogens is 456 g/mol. The first kappa shape index (κ1) is 21.8. The van der Waals surface area contributed by atoms with E-state index in [4.69, 9.17) is 16.0 Å². The highest BCUT2D eigenvalue weighted by Gasteiger charge is 2.26. The van der Waals surface area contributed by atoms with Crippen molar-refractivity contribution in [2.45, 2.75) is 29.5 Å². The minimum Gasteiger partial charge on any atom is -0.451 e. The van der Waals surface area contributed by atoms with Crippen molar-refractivity contribution >= 4 is 46.2 Å². The summed E-state index contributed by atoms with van der Waals surface area (Å²) in [6.07, 6.45) is 5.35. The van der Waals surface area contributed by atoms with Crippen LogP contribution < -0.4 is 10.2 Å². The van der Waals surface area contributed by atoms with Crippen molar-refractivity contribution < 1.29 is 9.21 Å². The molecular formula is C25H23ClN4O2S. The predicted molar refractivity (Wildman–Crippen MR) is 132 cm³/mol. The van der Waals surface area contributed by atoms with E-state index in [-0.39, 0.29) is 11.9 Å². The molecule has 0 saturated carbocycles. The number of piperidine rings is 1. The van der Waals surface area contributed by atoms with Gasteiger partial charge in [0, 0.05) is 58.1 Å². The number of hydrogen-bond donors (Lipinski definition) is 1. The summed E-state index contributed by atoms with van der Waals surface area (Å²) < 4.78 is 6.04. The lowest BCUT2D eigenvalue weighted by molar-refractivity contribution is 0.0906. The SMILES string of the molecule is O=C(NC1CCCN(c2ncccn2)C1)c1oc2ccccc2c1CSc1ccc(Cl)cc1. The quantitative estimate of drug-likeness (QED) is 0.365. The van der Waals surface area contributed by atoms with Crippen molar-refractivity contribution in [1.29, 1.82) is 0 Å². The number of fused-ring (bicyclic) bond motifs is 1. The number of aromatic nitrogens is 2.